The number of nitrogens with zero attached hydrogens (tertiary/aromatic N) is 3. The van der Waals surface area contributed by atoms with Crippen LogP contribution in [0.3, 0.4) is 0 Å². The number of rotatable bonds is 8. The molecule has 0 bridgehead atoms. The average molecular weight is 549 g/mol. The summed E-state index contributed by atoms with van der Waals surface area (Å²) < 4.78 is 13.3. The van der Waals surface area contributed by atoms with Gasteiger partial charge >= 0.3 is 0 Å². The number of anilines is 2. The minimum absolute atomic E-state index is 0. The molecule has 3 amide bonds. The van der Waals surface area contributed by atoms with Crippen molar-refractivity contribution in [2.24, 2.45) is 5.73 Å². The third-order valence-corrected chi connectivity index (χ3v) is 6.35. The van der Waals surface area contributed by atoms with Gasteiger partial charge in [-0.3, -0.25) is 14.4 Å². The lowest BCUT2D eigenvalue weighted by molar-refractivity contribution is 0.0952. The van der Waals surface area contributed by atoms with Crippen LogP contribution in [0.5, 0.6) is 0 Å². The molecular weight excluding hydrogens is 522 g/mol. The molecule has 0 unspecified atom stereocenters. The van der Waals surface area contributed by atoms with E-state index in [9.17, 15) is 18.8 Å². The van der Waals surface area contributed by atoms with Crippen molar-refractivity contribution in [2.45, 2.75) is 19.3 Å². The van der Waals surface area contributed by atoms with Crippen LogP contribution in [-0.4, -0.2) is 58.8 Å². The fourth-order valence-electron chi connectivity index (χ4n) is 4.14. The molecule has 0 aliphatic carbocycles. The highest BCUT2D eigenvalue weighted by atomic mass is 35.5. The summed E-state index contributed by atoms with van der Waals surface area (Å²) in [7, 11) is 0. The molecule has 0 spiro atoms. The number of likely N-dealkylation sites (tertiary alicyclic amines) is 1. The molecule has 1 aliphatic heterocycles. The largest absolute Gasteiger partial charge is 0.364 e. The minimum atomic E-state index is -0.774. The van der Waals surface area contributed by atoms with Crippen molar-refractivity contribution in [1.29, 1.82) is 0 Å². The Labute approximate surface area is 224 Å². The first-order chi connectivity index (χ1) is 17.3. The zero-order chi connectivity index (χ0) is 25.7. The number of piperidine rings is 1. The molecule has 2 heterocycles. The predicted octanol–water partition coefficient (Wildman–Crippen LogP) is 4.11. The van der Waals surface area contributed by atoms with Crippen LogP contribution in [0.4, 0.5) is 15.8 Å². The Kier molecular flexibility index (Phi) is 9.62. The molecule has 37 heavy (non-hydrogen) atoms. The number of hydrogen-bond acceptors (Lipinski definition) is 5. The second kappa shape index (κ2) is 12.7. The summed E-state index contributed by atoms with van der Waals surface area (Å²) in [6.07, 6.45) is 4.69. The van der Waals surface area contributed by atoms with E-state index in [-0.39, 0.29) is 34.4 Å². The van der Waals surface area contributed by atoms with E-state index in [1.165, 1.54) is 18.8 Å². The predicted molar refractivity (Wildman–Crippen MR) is 142 cm³/mol. The van der Waals surface area contributed by atoms with Crippen LogP contribution in [0.1, 0.15) is 50.6 Å². The van der Waals surface area contributed by atoms with Gasteiger partial charge in [0.05, 0.1) is 16.9 Å². The fraction of sp³-hybridized carbons (Fsp3) is 0.280. The highest BCUT2D eigenvalue weighted by Crippen LogP contribution is 2.23. The number of imidazole rings is 1. The van der Waals surface area contributed by atoms with Crippen LogP contribution in [-0.2, 0) is 0 Å². The fourth-order valence-corrected chi connectivity index (χ4v) is 4.39. The van der Waals surface area contributed by atoms with Crippen LogP contribution in [0.2, 0.25) is 5.02 Å². The molecule has 1 saturated heterocycles. The highest BCUT2D eigenvalue weighted by Gasteiger charge is 2.26. The van der Waals surface area contributed by atoms with Crippen LogP contribution in [0.15, 0.2) is 48.8 Å². The van der Waals surface area contributed by atoms with E-state index in [0.717, 1.165) is 38.1 Å². The standard InChI is InChI=1S/C25H26ClFN6O3.ClH/c26-20-14-16(27)4-9-19(20)24(35)31-17-5-7-18(8-6-17)33(13-12-32-10-2-1-3-11-32)25(36)22-21(23(28)34)29-15-30-22;/h4-9,14-15H,1-3,10-13H2,(H2,28,34)(H,29,30)(H,31,35);1H. The first-order valence-corrected chi connectivity index (χ1v) is 11.9. The van der Waals surface area contributed by atoms with Gasteiger partial charge in [-0.25, -0.2) is 9.37 Å². The van der Waals surface area contributed by atoms with Crippen molar-refractivity contribution in [2.75, 3.05) is 36.4 Å². The summed E-state index contributed by atoms with van der Waals surface area (Å²) >= 11 is 5.98. The molecule has 12 heteroatoms. The highest BCUT2D eigenvalue weighted by molar-refractivity contribution is 6.34. The Bertz CT molecular complexity index is 1260. The van der Waals surface area contributed by atoms with Crippen molar-refractivity contribution in [3.05, 3.63) is 76.6 Å². The first-order valence-electron chi connectivity index (χ1n) is 11.6. The van der Waals surface area contributed by atoms with Crippen molar-refractivity contribution in [1.82, 2.24) is 14.9 Å². The number of aromatic nitrogens is 2. The molecule has 0 atom stereocenters. The molecule has 4 N–H and O–H groups in total. The quantitative estimate of drug-likeness (QED) is 0.390. The van der Waals surface area contributed by atoms with Gasteiger partial charge in [0.2, 0.25) is 0 Å². The van der Waals surface area contributed by atoms with Crippen LogP contribution >= 0.6 is 24.0 Å². The van der Waals surface area contributed by atoms with Gasteiger partial charge in [-0.15, -0.1) is 12.4 Å². The second-order valence-electron chi connectivity index (χ2n) is 8.47. The number of amides is 3. The van der Waals surface area contributed by atoms with Crippen LogP contribution < -0.4 is 16.0 Å². The van der Waals surface area contributed by atoms with Crippen molar-refractivity contribution < 1.29 is 18.8 Å². The lowest BCUT2D eigenvalue weighted by atomic mass is 10.1. The maximum atomic E-state index is 13.4. The summed E-state index contributed by atoms with van der Waals surface area (Å²) in [5.74, 6) is -2.26. The van der Waals surface area contributed by atoms with Gasteiger partial charge in [-0.1, -0.05) is 18.0 Å². The number of aromatic amines is 1. The normalized spacial score (nSPS) is 13.5. The first kappa shape index (κ1) is 28.1. The Morgan fingerprint density at radius 1 is 1.11 bits per heavy atom. The Balaban J connectivity index is 0.00000380. The van der Waals surface area contributed by atoms with E-state index < -0.39 is 23.5 Å². The molecule has 4 rings (SSSR count). The molecule has 1 aliphatic rings. The molecule has 1 fully saturated rings. The van der Waals surface area contributed by atoms with E-state index in [0.29, 0.717) is 24.5 Å². The Morgan fingerprint density at radius 2 is 1.81 bits per heavy atom. The number of nitrogens with one attached hydrogen (secondary N) is 2. The van der Waals surface area contributed by atoms with E-state index in [1.807, 2.05) is 0 Å². The number of benzene rings is 2. The SMILES string of the molecule is Cl.NC(=O)c1[nH]cnc1C(=O)N(CCN1CCCCC1)c1ccc(NC(=O)c2ccc(F)cc2Cl)cc1. The van der Waals surface area contributed by atoms with E-state index in [2.05, 4.69) is 20.2 Å². The number of carbonyl (C=O) groups excluding carboxylic acids is 3. The Morgan fingerprint density at radius 3 is 2.46 bits per heavy atom. The third-order valence-electron chi connectivity index (χ3n) is 6.03. The van der Waals surface area contributed by atoms with Gasteiger partial charge in [-0.2, -0.15) is 0 Å². The second-order valence-corrected chi connectivity index (χ2v) is 8.88. The molecule has 9 nitrogen and oxygen atoms in total. The maximum Gasteiger partial charge on any atom is 0.279 e. The van der Waals surface area contributed by atoms with Crippen LogP contribution in [0.25, 0.3) is 0 Å². The van der Waals surface area contributed by atoms with Gasteiger partial charge in [-0.05, 0) is 68.4 Å². The summed E-state index contributed by atoms with van der Waals surface area (Å²) in [6.45, 7) is 2.96. The topological polar surface area (TPSA) is 124 Å². The number of hydrogen-bond donors (Lipinski definition) is 3. The summed E-state index contributed by atoms with van der Waals surface area (Å²) in [5.41, 5.74) is 6.46. The van der Waals surface area contributed by atoms with Crippen molar-refractivity contribution in [3.8, 4) is 0 Å². The lowest BCUT2D eigenvalue weighted by Gasteiger charge is -2.30. The molecule has 1 aromatic heterocycles. The van der Waals surface area contributed by atoms with E-state index >= 15 is 0 Å². The van der Waals surface area contributed by atoms with E-state index in [1.54, 1.807) is 29.2 Å². The molecule has 2 aromatic carbocycles. The number of nitrogens with two attached hydrogens (primary N) is 1. The average Bonchev–Trinajstić information content (AvgIpc) is 3.36. The van der Waals surface area contributed by atoms with Crippen molar-refractivity contribution >= 4 is 53.1 Å². The molecule has 196 valence electrons. The van der Waals surface area contributed by atoms with Gasteiger partial charge in [0.15, 0.2) is 5.69 Å². The van der Waals surface area contributed by atoms with Gasteiger partial charge in [0, 0.05) is 24.5 Å². The van der Waals surface area contributed by atoms with Gasteiger partial charge in [0.1, 0.15) is 11.5 Å². The third kappa shape index (κ3) is 6.85. The lowest BCUT2D eigenvalue weighted by Crippen LogP contribution is -2.41. The summed E-state index contributed by atoms with van der Waals surface area (Å²) in [4.78, 5) is 48.2. The smallest absolute Gasteiger partial charge is 0.279 e. The number of primary amides is 1. The zero-order valence-electron chi connectivity index (χ0n) is 19.9. The zero-order valence-corrected chi connectivity index (χ0v) is 21.4. The molecule has 3 aromatic rings. The number of H-pyrrole nitrogens is 1. The monoisotopic (exact) mass is 548 g/mol. The minimum Gasteiger partial charge on any atom is -0.364 e. The van der Waals surface area contributed by atoms with Crippen LogP contribution in [0, 0.1) is 5.82 Å². The number of halogens is 3. The number of carbonyl (C=O) groups is 3. The summed E-state index contributed by atoms with van der Waals surface area (Å²) in [5, 5.41) is 2.72. The van der Waals surface area contributed by atoms with Gasteiger partial charge in [0.25, 0.3) is 17.7 Å². The van der Waals surface area contributed by atoms with Gasteiger partial charge < -0.3 is 25.8 Å². The molecular formula is C25H27Cl2FN6O3. The summed E-state index contributed by atoms with van der Waals surface area (Å²) in [6, 6.07) is 10.2. The molecule has 0 saturated carbocycles. The molecule has 0 radical (unpaired) electrons. The van der Waals surface area contributed by atoms with Crippen molar-refractivity contribution in [3.63, 3.8) is 0 Å². The van der Waals surface area contributed by atoms with E-state index in [4.69, 9.17) is 17.3 Å². The maximum absolute atomic E-state index is 13.4. The Hall–Kier alpha value is -3.47.